The number of halogens is 1. The normalized spacial score (nSPS) is 20.4. The predicted octanol–water partition coefficient (Wildman–Crippen LogP) is 2.24. The summed E-state index contributed by atoms with van der Waals surface area (Å²) in [5.41, 5.74) is 0. The fourth-order valence-electron chi connectivity index (χ4n) is 2.45. The molecule has 0 aromatic carbocycles. The van der Waals surface area contributed by atoms with E-state index in [1.165, 1.54) is 20.0 Å². The summed E-state index contributed by atoms with van der Waals surface area (Å²) in [4.78, 5) is 4.65. The van der Waals surface area contributed by atoms with Crippen molar-refractivity contribution in [1.82, 2.24) is 13.7 Å². The molecule has 3 heterocycles. The largest absolute Gasteiger partial charge is 0.377 e. The summed E-state index contributed by atoms with van der Waals surface area (Å²) in [7, 11) is -2.14. The quantitative estimate of drug-likeness (QED) is 0.849. The number of aromatic nitrogens is 2. The first-order chi connectivity index (χ1) is 10.00. The molecule has 6 nitrogen and oxygen atoms in total. The Morgan fingerprint density at radius 2 is 2.38 bits per heavy atom. The maximum absolute atomic E-state index is 12.7. The average Bonchev–Trinajstić information content (AvgIpc) is 2.99. The molecular weight excluding hydrogens is 334 g/mol. The van der Waals surface area contributed by atoms with E-state index in [1.54, 1.807) is 18.6 Å². The van der Waals surface area contributed by atoms with E-state index in [1.807, 2.05) is 0 Å². The van der Waals surface area contributed by atoms with Crippen LogP contribution in [0.4, 0.5) is 0 Å². The van der Waals surface area contributed by atoms with Gasteiger partial charge in [0.15, 0.2) is 15.1 Å². The van der Waals surface area contributed by atoms with Crippen molar-refractivity contribution in [1.29, 1.82) is 0 Å². The van der Waals surface area contributed by atoms with Gasteiger partial charge in [-0.3, -0.25) is 4.40 Å². The first-order valence-corrected chi connectivity index (χ1v) is 9.39. The molecule has 0 radical (unpaired) electrons. The topological polar surface area (TPSA) is 63.9 Å². The number of fused-ring (bicyclic) bond motifs is 1. The Morgan fingerprint density at radius 3 is 3.10 bits per heavy atom. The Kier molecular flexibility index (Phi) is 4.24. The summed E-state index contributed by atoms with van der Waals surface area (Å²) in [6, 6.07) is 0. The van der Waals surface area contributed by atoms with Gasteiger partial charge in [-0.05, 0) is 19.3 Å². The van der Waals surface area contributed by atoms with Crippen LogP contribution in [0.25, 0.3) is 4.96 Å². The summed E-state index contributed by atoms with van der Waals surface area (Å²) in [6.45, 7) is 1.02. The molecule has 0 bridgehead atoms. The minimum atomic E-state index is -3.69. The van der Waals surface area contributed by atoms with Gasteiger partial charge in [0.25, 0.3) is 10.0 Å². The first-order valence-electron chi connectivity index (χ1n) is 6.69. The van der Waals surface area contributed by atoms with Crippen molar-refractivity contribution in [2.45, 2.75) is 30.4 Å². The van der Waals surface area contributed by atoms with Gasteiger partial charge in [0.1, 0.15) is 0 Å². The fraction of sp³-hybridized carbons (Fsp3) is 0.583. The standard InChI is InChI=1S/C12H16ClN3O3S2/c1-15(8-9-4-2-3-6-19-9)21(17,18)11-10(13)14-12-16(11)5-7-20-12/h5,7,9H,2-4,6,8H2,1H3. The van der Waals surface area contributed by atoms with Gasteiger partial charge in [-0.25, -0.2) is 13.4 Å². The van der Waals surface area contributed by atoms with Gasteiger partial charge < -0.3 is 4.74 Å². The van der Waals surface area contributed by atoms with Crippen molar-refractivity contribution in [3.05, 3.63) is 16.7 Å². The van der Waals surface area contributed by atoms with Crippen LogP contribution in [0, 0.1) is 0 Å². The lowest BCUT2D eigenvalue weighted by Gasteiger charge is -2.26. The van der Waals surface area contributed by atoms with Crippen LogP contribution in [-0.4, -0.2) is 48.4 Å². The smallest absolute Gasteiger partial charge is 0.262 e. The summed E-state index contributed by atoms with van der Waals surface area (Å²) >= 11 is 7.36. The Balaban J connectivity index is 1.88. The van der Waals surface area contributed by atoms with Crippen molar-refractivity contribution in [3.63, 3.8) is 0 Å². The minimum absolute atomic E-state index is 0.0123. The molecule has 1 saturated heterocycles. The Bertz CT molecular complexity index is 734. The van der Waals surface area contributed by atoms with Crippen LogP contribution in [0.1, 0.15) is 19.3 Å². The second kappa shape index (κ2) is 5.85. The number of nitrogens with zero attached hydrogens (tertiary/aromatic N) is 3. The number of imidazole rings is 1. The minimum Gasteiger partial charge on any atom is -0.377 e. The molecule has 1 atom stereocenters. The van der Waals surface area contributed by atoms with Crippen LogP contribution in [-0.2, 0) is 14.8 Å². The van der Waals surface area contributed by atoms with Gasteiger partial charge in [-0.15, -0.1) is 11.3 Å². The molecule has 0 N–H and O–H groups in total. The van der Waals surface area contributed by atoms with Crippen LogP contribution in [0.2, 0.25) is 5.15 Å². The molecule has 9 heteroatoms. The van der Waals surface area contributed by atoms with Crippen LogP contribution in [0.3, 0.4) is 0 Å². The second-order valence-corrected chi connectivity index (χ2v) is 8.23. The highest BCUT2D eigenvalue weighted by atomic mass is 35.5. The zero-order chi connectivity index (χ0) is 15.0. The molecule has 0 spiro atoms. The van der Waals surface area contributed by atoms with Crippen molar-refractivity contribution in [2.24, 2.45) is 0 Å². The monoisotopic (exact) mass is 349 g/mol. The molecular formula is C12H16ClN3O3S2. The predicted molar refractivity (Wildman–Crippen MR) is 81.5 cm³/mol. The highest BCUT2D eigenvalue weighted by Crippen LogP contribution is 2.28. The van der Waals surface area contributed by atoms with Crippen LogP contribution < -0.4 is 0 Å². The van der Waals surface area contributed by atoms with E-state index in [0.29, 0.717) is 18.1 Å². The van der Waals surface area contributed by atoms with Crippen molar-refractivity contribution >= 4 is 37.9 Å². The van der Waals surface area contributed by atoms with Gasteiger partial charge in [0.05, 0.1) is 6.10 Å². The van der Waals surface area contributed by atoms with Gasteiger partial charge >= 0.3 is 0 Å². The summed E-state index contributed by atoms with van der Waals surface area (Å²) in [5, 5.41) is 1.82. The van der Waals surface area contributed by atoms with Crippen molar-refractivity contribution in [3.8, 4) is 0 Å². The summed E-state index contributed by atoms with van der Waals surface area (Å²) in [5.74, 6) is 0. The van der Waals surface area contributed by atoms with E-state index < -0.39 is 10.0 Å². The Labute approximate surface area is 132 Å². The van der Waals surface area contributed by atoms with E-state index in [4.69, 9.17) is 16.3 Å². The molecule has 1 unspecified atom stereocenters. The average molecular weight is 350 g/mol. The Hall–Kier alpha value is -0.670. The van der Waals surface area contributed by atoms with E-state index in [9.17, 15) is 8.42 Å². The van der Waals surface area contributed by atoms with Crippen LogP contribution in [0.15, 0.2) is 16.6 Å². The van der Waals surface area contributed by atoms with Crippen LogP contribution in [0.5, 0.6) is 0 Å². The molecule has 0 amide bonds. The summed E-state index contributed by atoms with van der Waals surface area (Å²) in [6.07, 6.45) is 4.60. The molecule has 21 heavy (non-hydrogen) atoms. The molecule has 0 saturated carbocycles. The maximum atomic E-state index is 12.7. The van der Waals surface area contributed by atoms with Crippen molar-refractivity contribution < 1.29 is 13.2 Å². The van der Waals surface area contributed by atoms with Gasteiger partial charge in [-0.2, -0.15) is 4.31 Å². The second-order valence-electron chi connectivity index (χ2n) is 5.04. The summed E-state index contributed by atoms with van der Waals surface area (Å²) < 4.78 is 33.9. The SMILES string of the molecule is CN(CC1CCCCO1)S(=O)(=O)c1c(Cl)nc2sccn12. The molecule has 1 aliphatic heterocycles. The molecule has 1 aliphatic rings. The number of likely N-dealkylation sites (N-methyl/N-ethyl adjacent to an activating group) is 1. The zero-order valence-corrected chi connectivity index (χ0v) is 13.9. The molecule has 0 aliphatic carbocycles. The highest BCUT2D eigenvalue weighted by Gasteiger charge is 2.31. The van der Waals surface area contributed by atoms with Crippen molar-refractivity contribution in [2.75, 3.05) is 20.2 Å². The molecule has 2 aromatic rings. The molecule has 116 valence electrons. The third kappa shape index (κ3) is 2.83. The lowest BCUT2D eigenvalue weighted by atomic mass is 10.1. The fourth-order valence-corrected chi connectivity index (χ4v) is 5.05. The lowest BCUT2D eigenvalue weighted by molar-refractivity contribution is 0.00856. The number of thiazole rings is 1. The maximum Gasteiger partial charge on any atom is 0.262 e. The highest BCUT2D eigenvalue weighted by molar-refractivity contribution is 7.89. The number of sulfonamides is 1. The first kappa shape index (κ1) is 15.2. The lowest BCUT2D eigenvalue weighted by Crippen LogP contribution is -2.37. The van der Waals surface area contributed by atoms with E-state index in [-0.39, 0.29) is 16.3 Å². The van der Waals surface area contributed by atoms with Crippen LogP contribution >= 0.6 is 22.9 Å². The third-order valence-electron chi connectivity index (χ3n) is 3.57. The Morgan fingerprint density at radius 1 is 1.57 bits per heavy atom. The number of rotatable bonds is 4. The van der Waals surface area contributed by atoms with E-state index >= 15 is 0 Å². The van der Waals surface area contributed by atoms with Gasteiger partial charge in [0.2, 0.25) is 0 Å². The molecule has 3 rings (SSSR count). The van der Waals surface area contributed by atoms with Gasteiger partial charge in [-0.1, -0.05) is 11.6 Å². The zero-order valence-electron chi connectivity index (χ0n) is 11.5. The number of ether oxygens (including phenoxy) is 1. The number of hydrogen-bond donors (Lipinski definition) is 0. The third-order valence-corrected chi connectivity index (χ3v) is 6.55. The molecule has 2 aromatic heterocycles. The van der Waals surface area contributed by atoms with E-state index in [2.05, 4.69) is 4.98 Å². The molecule has 1 fully saturated rings. The van der Waals surface area contributed by atoms with E-state index in [0.717, 1.165) is 19.3 Å². The number of hydrogen-bond acceptors (Lipinski definition) is 5. The van der Waals surface area contributed by atoms with Gasteiger partial charge in [0, 0.05) is 31.8 Å².